The predicted molar refractivity (Wildman–Crippen MR) is 110 cm³/mol. The largest absolute Gasteiger partial charge is 0.432 e. The van der Waals surface area contributed by atoms with Crippen molar-refractivity contribution in [2.24, 2.45) is 5.73 Å². The molecule has 0 radical (unpaired) electrons. The number of halogens is 4. The normalized spacial score (nSPS) is 20.3. The third-order valence-corrected chi connectivity index (χ3v) is 5.33. The fourth-order valence-corrected chi connectivity index (χ4v) is 3.72. The van der Waals surface area contributed by atoms with Crippen molar-refractivity contribution in [1.82, 2.24) is 4.90 Å². The summed E-state index contributed by atoms with van der Waals surface area (Å²) < 4.78 is 43.9. The zero-order valence-electron chi connectivity index (χ0n) is 17.0. The lowest BCUT2D eigenvalue weighted by Gasteiger charge is -2.37. The van der Waals surface area contributed by atoms with Crippen LogP contribution in [0.1, 0.15) is 45.1 Å². The van der Waals surface area contributed by atoms with E-state index in [1.807, 2.05) is 13.8 Å². The van der Waals surface area contributed by atoms with Crippen LogP contribution in [0.2, 0.25) is 5.02 Å². The Labute approximate surface area is 179 Å². The molecule has 1 saturated carbocycles. The molecule has 9 heteroatoms. The van der Waals surface area contributed by atoms with E-state index in [0.29, 0.717) is 29.5 Å². The molecule has 1 amide bonds. The minimum atomic E-state index is -4.87. The number of carbonyl (C=O) groups is 1. The maximum absolute atomic E-state index is 13.0. The molecule has 0 spiro atoms. The maximum atomic E-state index is 13.0. The SMILES string of the molecule is CC(C)O[C@H]1CC[C@H](N(Cc2ccccc2Cl)C(=O)/C(N)=C/C(=N)C(F)(F)F)CC1. The van der Waals surface area contributed by atoms with Gasteiger partial charge in [0.2, 0.25) is 0 Å². The topological polar surface area (TPSA) is 79.4 Å². The lowest BCUT2D eigenvalue weighted by atomic mass is 9.91. The van der Waals surface area contributed by atoms with E-state index in [4.69, 9.17) is 27.5 Å². The molecule has 1 fully saturated rings. The number of carbonyl (C=O) groups excluding carboxylic acids is 1. The Morgan fingerprint density at radius 2 is 1.90 bits per heavy atom. The van der Waals surface area contributed by atoms with Gasteiger partial charge in [-0.3, -0.25) is 10.2 Å². The molecule has 0 bridgehead atoms. The summed E-state index contributed by atoms with van der Waals surface area (Å²) in [5.41, 5.74) is 4.06. The van der Waals surface area contributed by atoms with E-state index < -0.39 is 23.5 Å². The first-order valence-corrected chi connectivity index (χ1v) is 10.2. The van der Waals surface area contributed by atoms with Crippen molar-refractivity contribution >= 4 is 23.2 Å². The first kappa shape index (κ1) is 24.2. The summed E-state index contributed by atoms with van der Waals surface area (Å²) in [6.07, 6.45) is -1.58. The van der Waals surface area contributed by atoms with Crippen LogP contribution >= 0.6 is 11.6 Å². The molecule has 30 heavy (non-hydrogen) atoms. The average Bonchev–Trinajstić information content (AvgIpc) is 2.66. The first-order valence-electron chi connectivity index (χ1n) is 9.81. The van der Waals surface area contributed by atoms with Gasteiger partial charge in [0.05, 0.1) is 17.9 Å². The van der Waals surface area contributed by atoms with Crippen LogP contribution in [0.3, 0.4) is 0 Å². The van der Waals surface area contributed by atoms with E-state index in [1.165, 1.54) is 4.90 Å². The highest BCUT2D eigenvalue weighted by Crippen LogP contribution is 2.29. The van der Waals surface area contributed by atoms with E-state index in [9.17, 15) is 18.0 Å². The second-order valence-electron chi connectivity index (χ2n) is 7.65. The van der Waals surface area contributed by atoms with Crippen LogP contribution in [-0.4, -0.2) is 40.9 Å². The fraction of sp³-hybridized carbons (Fsp3) is 0.524. The Morgan fingerprint density at radius 3 is 2.43 bits per heavy atom. The van der Waals surface area contributed by atoms with Gasteiger partial charge in [0.1, 0.15) is 5.71 Å². The van der Waals surface area contributed by atoms with Crippen LogP contribution in [0, 0.1) is 5.41 Å². The van der Waals surface area contributed by atoms with Gasteiger partial charge in [0, 0.05) is 17.6 Å². The molecule has 0 atom stereocenters. The Balaban J connectivity index is 2.23. The van der Waals surface area contributed by atoms with Gasteiger partial charge in [0.25, 0.3) is 5.91 Å². The summed E-state index contributed by atoms with van der Waals surface area (Å²) in [5.74, 6) is -0.739. The second-order valence-corrected chi connectivity index (χ2v) is 8.06. The minimum absolute atomic E-state index is 0.0878. The van der Waals surface area contributed by atoms with E-state index in [-0.39, 0.29) is 24.8 Å². The number of hydrogen-bond acceptors (Lipinski definition) is 4. The summed E-state index contributed by atoms with van der Waals surface area (Å²) in [7, 11) is 0. The van der Waals surface area contributed by atoms with Crippen LogP contribution in [0.4, 0.5) is 13.2 Å². The van der Waals surface area contributed by atoms with Crippen molar-refractivity contribution in [2.45, 2.75) is 70.5 Å². The van der Waals surface area contributed by atoms with Crippen LogP contribution in [0.15, 0.2) is 36.0 Å². The molecule has 5 nitrogen and oxygen atoms in total. The highest BCUT2D eigenvalue weighted by atomic mass is 35.5. The van der Waals surface area contributed by atoms with Crippen LogP contribution in [-0.2, 0) is 16.1 Å². The molecule has 166 valence electrons. The molecular weight excluding hydrogens is 419 g/mol. The monoisotopic (exact) mass is 445 g/mol. The highest BCUT2D eigenvalue weighted by Gasteiger charge is 2.35. The van der Waals surface area contributed by atoms with Gasteiger partial charge in [0.15, 0.2) is 0 Å². The van der Waals surface area contributed by atoms with E-state index >= 15 is 0 Å². The fourth-order valence-electron chi connectivity index (χ4n) is 3.52. The number of nitrogens with one attached hydrogen (secondary N) is 1. The Kier molecular flexibility index (Phi) is 8.32. The molecule has 1 aromatic carbocycles. The second kappa shape index (κ2) is 10.3. The number of nitrogens with two attached hydrogens (primary N) is 1. The molecule has 1 aromatic rings. The maximum Gasteiger partial charge on any atom is 0.432 e. The molecule has 1 aliphatic carbocycles. The Hall–Kier alpha value is -2.06. The number of alkyl halides is 3. The van der Waals surface area contributed by atoms with Crippen molar-refractivity contribution in [2.75, 3.05) is 0 Å². The van der Waals surface area contributed by atoms with Gasteiger partial charge in [-0.25, -0.2) is 0 Å². The average molecular weight is 446 g/mol. The summed E-state index contributed by atoms with van der Waals surface area (Å²) in [4.78, 5) is 14.4. The predicted octanol–water partition coefficient (Wildman–Crippen LogP) is 4.83. The number of rotatable bonds is 7. The van der Waals surface area contributed by atoms with E-state index in [1.54, 1.807) is 24.3 Å². The smallest absolute Gasteiger partial charge is 0.394 e. The summed E-state index contributed by atoms with van der Waals surface area (Å²) in [6.45, 7) is 4.04. The number of nitrogens with zero attached hydrogens (tertiary/aromatic N) is 1. The van der Waals surface area contributed by atoms with Crippen molar-refractivity contribution < 1.29 is 22.7 Å². The van der Waals surface area contributed by atoms with Gasteiger partial charge in [-0.15, -0.1) is 0 Å². The van der Waals surface area contributed by atoms with E-state index in [2.05, 4.69) is 0 Å². The quantitative estimate of drug-likeness (QED) is 0.466. The highest BCUT2D eigenvalue weighted by molar-refractivity contribution is 6.31. The molecule has 3 N–H and O–H groups in total. The number of amides is 1. The zero-order valence-corrected chi connectivity index (χ0v) is 17.8. The van der Waals surface area contributed by atoms with Crippen LogP contribution in [0.25, 0.3) is 0 Å². The van der Waals surface area contributed by atoms with Crippen molar-refractivity contribution in [3.63, 3.8) is 0 Å². The molecule has 0 saturated heterocycles. The van der Waals surface area contributed by atoms with Crippen molar-refractivity contribution in [3.05, 3.63) is 46.6 Å². The molecule has 1 aliphatic rings. The van der Waals surface area contributed by atoms with Crippen LogP contribution < -0.4 is 5.73 Å². The van der Waals surface area contributed by atoms with Gasteiger partial charge >= 0.3 is 6.18 Å². The third kappa shape index (κ3) is 6.74. The number of allylic oxidation sites excluding steroid dienone is 1. The third-order valence-electron chi connectivity index (χ3n) is 4.96. The molecular formula is C21H27ClF3N3O2. The summed E-state index contributed by atoms with van der Waals surface area (Å²) in [5, 5.41) is 7.56. The number of hydrogen-bond donors (Lipinski definition) is 2. The van der Waals surface area contributed by atoms with Crippen LogP contribution in [0.5, 0.6) is 0 Å². The first-order chi connectivity index (χ1) is 14.0. The van der Waals surface area contributed by atoms with E-state index in [0.717, 1.165) is 12.8 Å². The van der Waals surface area contributed by atoms with Crippen molar-refractivity contribution in [3.8, 4) is 0 Å². The lowest BCUT2D eigenvalue weighted by molar-refractivity contribution is -0.132. The zero-order chi connectivity index (χ0) is 22.5. The standard InChI is InChI=1S/C21H27ClF3N3O2/c1-13(2)30-16-9-7-15(8-10-16)28(12-14-5-3-4-6-17(14)22)20(29)18(26)11-19(27)21(23,24)25/h3-6,11,13,15-16,27H,7-10,12,26H2,1-2H3/b18-11-,27-19?/t15-,16-. The molecule has 0 aliphatic heterocycles. The molecule has 0 heterocycles. The number of ether oxygens (including phenoxy) is 1. The summed E-state index contributed by atoms with van der Waals surface area (Å²) in [6, 6.07) is 6.76. The number of benzene rings is 1. The molecule has 0 unspecified atom stereocenters. The Morgan fingerprint density at radius 1 is 1.30 bits per heavy atom. The van der Waals surface area contributed by atoms with Gasteiger partial charge in [-0.2, -0.15) is 13.2 Å². The lowest BCUT2D eigenvalue weighted by Crippen LogP contribution is -2.45. The molecule has 0 aromatic heterocycles. The van der Waals surface area contributed by atoms with Gasteiger partial charge in [-0.1, -0.05) is 29.8 Å². The Bertz CT molecular complexity index is 788. The summed E-state index contributed by atoms with van der Waals surface area (Å²) >= 11 is 6.23. The van der Waals surface area contributed by atoms with Gasteiger partial charge in [-0.05, 0) is 57.2 Å². The van der Waals surface area contributed by atoms with Crippen molar-refractivity contribution in [1.29, 1.82) is 5.41 Å². The molecule has 2 rings (SSSR count). The van der Waals surface area contributed by atoms with Gasteiger partial charge < -0.3 is 15.4 Å². The minimum Gasteiger partial charge on any atom is -0.394 e.